The predicted molar refractivity (Wildman–Crippen MR) is 58.3 cm³/mol. The second-order valence-electron chi connectivity index (χ2n) is 3.75. The smallest absolute Gasteiger partial charge is 0.305 e. The number of nitrogens with two attached hydrogens (primary N) is 1. The minimum atomic E-state index is -1.08. The maximum Gasteiger partial charge on any atom is 0.305 e. The van der Waals surface area contributed by atoms with Crippen LogP contribution >= 0.6 is 0 Å². The number of ether oxygens (including phenoxy) is 3. The Morgan fingerprint density at radius 3 is 3.00 bits per heavy atom. The van der Waals surface area contributed by atoms with Gasteiger partial charge in [0.1, 0.15) is 0 Å². The third-order valence-electron chi connectivity index (χ3n) is 2.59. The van der Waals surface area contributed by atoms with Gasteiger partial charge in [0.05, 0.1) is 13.5 Å². The Kier molecular flexibility index (Phi) is 3.24. The largest absolute Gasteiger partial charge is 0.493 e. The number of hydrogen-bond donors (Lipinski definition) is 2. The summed E-state index contributed by atoms with van der Waals surface area (Å²) in [5.41, 5.74) is 5.95. The first kappa shape index (κ1) is 12.4. The van der Waals surface area contributed by atoms with Gasteiger partial charge >= 0.3 is 5.97 Å². The molecule has 0 saturated heterocycles. The fourth-order valence-corrected chi connectivity index (χ4v) is 1.78. The molecule has 1 aliphatic heterocycles. The lowest BCUT2D eigenvalue weighted by Crippen LogP contribution is -2.16. The van der Waals surface area contributed by atoms with Gasteiger partial charge in [-0.1, -0.05) is 0 Å². The Morgan fingerprint density at radius 2 is 2.39 bits per heavy atom. The maximum absolute atomic E-state index is 14.0. The molecule has 18 heavy (non-hydrogen) atoms. The lowest BCUT2D eigenvalue weighted by Gasteiger charge is -2.15. The minimum absolute atomic E-state index is 0.0434. The number of benzene rings is 1. The summed E-state index contributed by atoms with van der Waals surface area (Å²) in [5, 5.41) is 8.70. The van der Waals surface area contributed by atoms with E-state index < -0.39 is 17.8 Å². The van der Waals surface area contributed by atoms with Crippen molar-refractivity contribution in [2.45, 2.75) is 12.5 Å². The second kappa shape index (κ2) is 4.69. The molecule has 6 nitrogen and oxygen atoms in total. The van der Waals surface area contributed by atoms with Crippen LogP contribution in [0.1, 0.15) is 18.0 Å². The Balaban J connectivity index is 2.46. The van der Waals surface area contributed by atoms with Gasteiger partial charge < -0.3 is 25.1 Å². The molecule has 0 amide bonds. The highest BCUT2D eigenvalue weighted by Gasteiger charge is 2.28. The summed E-state index contributed by atoms with van der Waals surface area (Å²) >= 11 is 0. The van der Waals surface area contributed by atoms with E-state index in [1.54, 1.807) is 0 Å². The van der Waals surface area contributed by atoms with Gasteiger partial charge in [-0.3, -0.25) is 4.79 Å². The van der Waals surface area contributed by atoms with Crippen molar-refractivity contribution in [2.75, 3.05) is 13.9 Å². The highest BCUT2D eigenvalue weighted by molar-refractivity contribution is 5.68. The normalized spacial score (nSPS) is 14.4. The van der Waals surface area contributed by atoms with Crippen LogP contribution in [0.4, 0.5) is 4.39 Å². The third-order valence-corrected chi connectivity index (χ3v) is 2.59. The standard InChI is InChI=1S/C11H12FNO5/c1-16-10-5(6(13)3-8(14)15)2-7-11(9(10)12)18-4-17-7/h2,6H,3-4,13H2,1H3,(H,14,15). The highest BCUT2D eigenvalue weighted by atomic mass is 19.1. The average molecular weight is 257 g/mol. The van der Waals surface area contributed by atoms with Crippen molar-refractivity contribution in [3.05, 3.63) is 17.4 Å². The van der Waals surface area contributed by atoms with Gasteiger partial charge in [-0.25, -0.2) is 0 Å². The van der Waals surface area contributed by atoms with E-state index >= 15 is 0 Å². The number of carboxylic acids is 1. The first-order chi connectivity index (χ1) is 8.54. The second-order valence-corrected chi connectivity index (χ2v) is 3.75. The lowest BCUT2D eigenvalue weighted by molar-refractivity contribution is -0.137. The van der Waals surface area contributed by atoms with Crippen molar-refractivity contribution in [1.82, 2.24) is 0 Å². The summed E-state index contributed by atoms with van der Waals surface area (Å²) in [6.45, 7) is -0.0902. The number of carboxylic acid groups (broad SMARTS) is 1. The van der Waals surface area contributed by atoms with Crippen LogP contribution in [-0.2, 0) is 4.79 Å². The molecular formula is C11H12FNO5. The molecule has 1 aromatic carbocycles. The topological polar surface area (TPSA) is 91.0 Å². The van der Waals surface area contributed by atoms with E-state index in [-0.39, 0.29) is 36.0 Å². The average Bonchev–Trinajstić information content (AvgIpc) is 2.76. The molecule has 0 bridgehead atoms. The van der Waals surface area contributed by atoms with Crippen LogP contribution in [0.5, 0.6) is 17.2 Å². The number of halogens is 1. The summed E-state index contributed by atoms with van der Waals surface area (Å²) in [7, 11) is 1.28. The van der Waals surface area contributed by atoms with Crippen LogP contribution in [0.2, 0.25) is 0 Å². The van der Waals surface area contributed by atoms with Gasteiger partial charge in [0.2, 0.25) is 18.4 Å². The first-order valence-corrected chi connectivity index (χ1v) is 5.18. The van der Waals surface area contributed by atoms with Crippen molar-refractivity contribution in [3.63, 3.8) is 0 Å². The van der Waals surface area contributed by atoms with Crippen molar-refractivity contribution in [2.24, 2.45) is 5.73 Å². The van der Waals surface area contributed by atoms with E-state index in [1.165, 1.54) is 13.2 Å². The van der Waals surface area contributed by atoms with Gasteiger partial charge in [0, 0.05) is 11.6 Å². The zero-order valence-corrected chi connectivity index (χ0v) is 9.60. The molecule has 1 unspecified atom stereocenters. The van der Waals surface area contributed by atoms with Crippen molar-refractivity contribution in [1.29, 1.82) is 0 Å². The van der Waals surface area contributed by atoms with E-state index in [1.807, 2.05) is 0 Å². The summed E-state index contributed by atoms with van der Waals surface area (Å²) in [5.74, 6) is -1.78. The van der Waals surface area contributed by atoms with Gasteiger partial charge in [-0.2, -0.15) is 4.39 Å². The predicted octanol–water partition coefficient (Wildman–Crippen LogP) is 1.04. The summed E-state index contributed by atoms with van der Waals surface area (Å²) < 4.78 is 28.9. The summed E-state index contributed by atoms with van der Waals surface area (Å²) in [4.78, 5) is 10.6. The van der Waals surface area contributed by atoms with Crippen molar-refractivity contribution < 1.29 is 28.5 Å². The molecular weight excluding hydrogens is 245 g/mol. The van der Waals surface area contributed by atoms with Gasteiger partial charge in [-0.05, 0) is 6.07 Å². The Bertz CT molecular complexity index is 491. The minimum Gasteiger partial charge on any atom is -0.493 e. The fraction of sp³-hybridized carbons (Fsp3) is 0.364. The maximum atomic E-state index is 14.0. The van der Waals surface area contributed by atoms with Gasteiger partial charge in [0.25, 0.3) is 0 Å². The van der Waals surface area contributed by atoms with Gasteiger partial charge in [-0.15, -0.1) is 0 Å². The molecule has 1 heterocycles. The number of aliphatic carboxylic acids is 1. The molecule has 0 radical (unpaired) electrons. The Morgan fingerprint density at radius 1 is 1.67 bits per heavy atom. The number of rotatable bonds is 4. The zero-order valence-electron chi connectivity index (χ0n) is 9.60. The fourth-order valence-electron chi connectivity index (χ4n) is 1.78. The Hall–Kier alpha value is -2.02. The number of carbonyl (C=O) groups is 1. The number of hydrogen-bond acceptors (Lipinski definition) is 5. The molecule has 0 saturated carbocycles. The SMILES string of the molecule is COc1c(C(N)CC(=O)O)cc2c(c1F)OCO2. The van der Waals surface area contributed by atoms with Crippen molar-refractivity contribution >= 4 is 5.97 Å². The zero-order chi connectivity index (χ0) is 13.3. The molecule has 7 heteroatoms. The summed E-state index contributed by atoms with van der Waals surface area (Å²) in [6.07, 6.45) is -0.338. The molecule has 1 atom stereocenters. The molecule has 3 N–H and O–H groups in total. The molecule has 1 aliphatic rings. The lowest BCUT2D eigenvalue weighted by atomic mass is 10.0. The molecule has 1 aromatic rings. The number of methoxy groups -OCH3 is 1. The van der Waals surface area contributed by atoms with E-state index in [2.05, 4.69) is 0 Å². The molecule has 0 aromatic heterocycles. The Labute approximate surface area is 102 Å². The molecule has 0 aliphatic carbocycles. The van der Waals surface area contributed by atoms with Crippen LogP contribution in [-0.4, -0.2) is 25.0 Å². The molecule has 2 rings (SSSR count). The van der Waals surface area contributed by atoms with E-state index in [9.17, 15) is 9.18 Å². The van der Waals surface area contributed by atoms with E-state index in [0.29, 0.717) is 0 Å². The first-order valence-electron chi connectivity index (χ1n) is 5.18. The van der Waals surface area contributed by atoms with Gasteiger partial charge in [0.15, 0.2) is 11.5 Å². The van der Waals surface area contributed by atoms with Crippen LogP contribution in [0.15, 0.2) is 6.07 Å². The van der Waals surface area contributed by atoms with E-state index in [0.717, 1.165) is 0 Å². The van der Waals surface area contributed by atoms with Crippen LogP contribution < -0.4 is 19.9 Å². The molecule has 0 spiro atoms. The number of fused-ring (bicyclic) bond motifs is 1. The molecule has 98 valence electrons. The van der Waals surface area contributed by atoms with Crippen molar-refractivity contribution in [3.8, 4) is 17.2 Å². The summed E-state index contributed by atoms with van der Waals surface area (Å²) in [6, 6.07) is 0.555. The van der Waals surface area contributed by atoms with Crippen LogP contribution in [0.25, 0.3) is 0 Å². The van der Waals surface area contributed by atoms with Crippen LogP contribution in [0, 0.1) is 5.82 Å². The monoisotopic (exact) mass is 257 g/mol. The molecule has 0 fully saturated rings. The highest BCUT2D eigenvalue weighted by Crippen LogP contribution is 2.43. The van der Waals surface area contributed by atoms with Crippen LogP contribution in [0.3, 0.4) is 0 Å². The third kappa shape index (κ3) is 2.04. The van der Waals surface area contributed by atoms with E-state index in [4.69, 9.17) is 25.1 Å². The quantitative estimate of drug-likeness (QED) is 0.837.